The van der Waals surface area contributed by atoms with Gasteiger partial charge in [0.05, 0.1) is 5.38 Å². The van der Waals surface area contributed by atoms with Crippen LogP contribution in [0.5, 0.6) is 0 Å². The van der Waals surface area contributed by atoms with Crippen LogP contribution < -0.4 is 0 Å². The van der Waals surface area contributed by atoms with Gasteiger partial charge < -0.3 is 18.9 Å². The highest BCUT2D eigenvalue weighted by Crippen LogP contribution is 2.75. The molecule has 0 radical (unpaired) electrons. The van der Waals surface area contributed by atoms with Gasteiger partial charge in [-0.1, -0.05) is 88.9 Å². The topological polar surface area (TPSA) is 50.1 Å². The highest BCUT2D eigenvalue weighted by molar-refractivity contribution is 6.51. The maximum Gasteiger partial charge on any atom is 0.145 e. The third kappa shape index (κ3) is 3.06. The molecule has 4 heterocycles. The second-order valence-electron chi connectivity index (χ2n) is 11.3. The van der Waals surface area contributed by atoms with Crippen LogP contribution in [0.1, 0.15) is 43.2 Å². The third-order valence-electron chi connectivity index (χ3n) is 9.55. The van der Waals surface area contributed by atoms with E-state index in [0.717, 1.165) is 49.7 Å². The van der Waals surface area contributed by atoms with E-state index in [1.165, 1.54) is 5.56 Å². The number of benzene rings is 1. The molecule has 9 unspecified atom stereocenters. The minimum Gasteiger partial charge on any atom is -0.364 e. The van der Waals surface area contributed by atoms with Gasteiger partial charge >= 0.3 is 0 Å². The number of aryl methyl sites for hydroxylation is 1. The Labute approximate surface area is 235 Å². The van der Waals surface area contributed by atoms with Gasteiger partial charge in [0, 0.05) is 5.57 Å². The first-order chi connectivity index (χ1) is 17.1. The molecule has 0 bridgehead atoms. The molecule has 0 aromatic heterocycles. The molecule has 3 spiro atoms. The lowest BCUT2D eigenvalue weighted by molar-refractivity contribution is 0.183. The molecule has 4 saturated heterocycles. The summed E-state index contributed by atoms with van der Waals surface area (Å²) in [5, 5.41) is 0.146. The Balaban J connectivity index is 0.0000000861. The Bertz CT molecular complexity index is 1220. The fourth-order valence-electron chi connectivity index (χ4n) is 7.52. The van der Waals surface area contributed by atoms with E-state index in [-0.39, 0.29) is 34.4 Å². The number of halogens is 5. The van der Waals surface area contributed by atoms with Crippen LogP contribution in [0.25, 0.3) is 0 Å². The standard InChI is InChI=1S/C9H8Cl2O.C9H8Cl2.C9H9ClO3/c10-9(11)5-4-8-6(9)2-1-3-7(8)12-8;10-9(11)6-5-7-3-1-2-4-8(7)9;10-3-1-2-8-6(12-8)4-5(11-4)7-9(3,8)13-7/h1-3,7H,4-5H2;1-4H,5-6H2;3-7H,1-2H2. The summed E-state index contributed by atoms with van der Waals surface area (Å²) in [5.41, 5.74) is 3.17. The third-order valence-corrected chi connectivity index (χ3v) is 11.7. The Morgan fingerprint density at radius 2 is 1.64 bits per heavy atom. The van der Waals surface area contributed by atoms with Crippen LogP contribution in [0.15, 0.2) is 48.1 Å². The van der Waals surface area contributed by atoms with E-state index in [1.807, 2.05) is 30.4 Å². The molecule has 5 aliphatic carbocycles. The first-order valence-electron chi connectivity index (χ1n) is 12.7. The SMILES string of the molecule is ClC1(Cl)CCC23OC2C=CC=C13.ClC1(Cl)CCc2ccccc21.ClC1CCC23OC2C2OC2C2OC123. The Kier molecular flexibility index (Phi) is 4.89. The van der Waals surface area contributed by atoms with Crippen LogP contribution in [0.4, 0.5) is 0 Å². The summed E-state index contributed by atoms with van der Waals surface area (Å²) >= 11 is 30.7. The second kappa shape index (κ2) is 7.38. The summed E-state index contributed by atoms with van der Waals surface area (Å²) in [6, 6.07) is 8.09. The van der Waals surface area contributed by atoms with Gasteiger partial charge in [0.25, 0.3) is 0 Å². The molecule has 1 aromatic rings. The van der Waals surface area contributed by atoms with E-state index in [1.54, 1.807) is 0 Å². The Morgan fingerprint density at radius 3 is 2.44 bits per heavy atom. The lowest BCUT2D eigenvalue weighted by atomic mass is 9.81. The van der Waals surface area contributed by atoms with Crippen molar-refractivity contribution in [2.75, 3.05) is 0 Å². The number of hydrogen-bond acceptors (Lipinski definition) is 4. The smallest absolute Gasteiger partial charge is 0.145 e. The largest absolute Gasteiger partial charge is 0.364 e. The van der Waals surface area contributed by atoms with Crippen LogP contribution >= 0.6 is 58.0 Å². The van der Waals surface area contributed by atoms with Gasteiger partial charge in [-0.15, -0.1) is 11.6 Å². The average molecular weight is 591 g/mol. The lowest BCUT2D eigenvalue weighted by Crippen LogP contribution is -2.43. The van der Waals surface area contributed by atoms with Gasteiger partial charge in [0.15, 0.2) is 0 Å². The summed E-state index contributed by atoms with van der Waals surface area (Å²) in [4.78, 5) is 0. The van der Waals surface area contributed by atoms with Crippen molar-refractivity contribution in [3.8, 4) is 0 Å². The van der Waals surface area contributed by atoms with Gasteiger partial charge in [-0.05, 0) is 49.7 Å². The van der Waals surface area contributed by atoms with Gasteiger partial charge in [-0.25, -0.2) is 0 Å². The fraction of sp³-hybridized carbons (Fsp3) is 0.630. The molecule has 0 N–H and O–H groups in total. The van der Waals surface area contributed by atoms with Crippen molar-refractivity contribution >= 4 is 58.0 Å². The number of fused-ring (bicyclic) bond motifs is 4. The van der Waals surface area contributed by atoms with E-state index in [4.69, 9.17) is 77.0 Å². The van der Waals surface area contributed by atoms with E-state index < -0.39 is 8.67 Å². The Hall–Kier alpha value is -0.0100. The molecule has 7 fully saturated rings. The van der Waals surface area contributed by atoms with Crippen LogP contribution in [0.3, 0.4) is 0 Å². The number of allylic oxidation sites excluding steroid dienone is 2. The van der Waals surface area contributed by atoms with Crippen LogP contribution in [0.2, 0.25) is 0 Å². The fourth-order valence-corrected chi connectivity index (χ4v) is 9.19. The molecule has 1 aromatic carbocycles. The van der Waals surface area contributed by atoms with Crippen molar-refractivity contribution in [3.63, 3.8) is 0 Å². The highest BCUT2D eigenvalue weighted by Gasteiger charge is 2.94. The van der Waals surface area contributed by atoms with Crippen molar-refractivity contribution in [2.45, 2.75) is 99.9 Å². The van der Waals surface area contributed by atoms with E-state index in [2.05, 4.69) is 12.1 Å². The molecule has 9 aliphatic rings. The van der Waals surface area contributed by atoms with E-state index in [0.29, 0.717) is 18.3 Å². The normalized spacial score (nSPS) is 50.6. The summed E-state index contributed by atoms with van der Waals surface area (Å²) < 4.78 is 21.5. The predicted octanol–water partition coefficient (Wildman–Crippen LogP) is 6.29. The van der Waals surface area contributed by atoms with Crippen molar-refractivity contribution < 1.29 is 18.9 Å². The van der Waals surface area contributed by atoms with Gasteiger partial charge in [-0.2, -0.15) is 0 Å². The van der Waals surface area contributed by atoms with Crippen molar-refractivity contribution in [2.24, 2.45) is 0 Å². The first kappa shape index (κ1) is 23.8. The second-order valence-corrected chi connectivity index (χ2v) is 14.8. The van der Waals surface area contributed by atoms with Crippen LogP contribution in [-0.4, -0.2) is 57.0 Å². The van der Waals surface area contributed by atoms with E-state index in [9.17, 15) is 0 Å². The minimum atomic E-state index is -0.681. The zero-order valence-electron chi connectivity index (χ0n) is 19.3. The summed E-state index contributed by atoms with van der Waals surface area (Å²) in [6.07, 6.45) is 13.2. The molecule has 3 saturated carbocycles. The number of rotatable bonds is 0. The summed E-state index contributed by atoms with van der Waals surface area (Å²) in [6.45, 7) is 0. The Morgan fingerprint density at radius 1 is 0.833 bits per heavy atom. The quantitative estimate of drug-likeness (QED) is 0.263. The molecular formula is C27H25Cl5O4. The number of epoxide rings is 4. The van der Waals surface area contributed by atoms with Crippen molar-refractivity contribution in [1.82, 2.24) is 0 Å². The van der Waals surface area contributed by atoms with E-state index >= 15 is 0 Å². The van der Waals surface area contributed by atoms with Crippen LogP contribution in [-0.2, 0) is 29.7 Å². The predicted molar refractivity (Wildman–Crippen MR) is 139 cm³/mol. The first-order valence-corrected chi connectivity index (χ1v) is 14.7. The lowest BCUT2D eigenvalue weighted by Gasteiger charge is -2.16. The zero-order chi connectivity index (χ0) is 24.7. The van der Waals surface area contributed by atoms with Gasteiger partial charge in [-0.3, -0.25) is 0 Å². The molecule has 0 amide bonds. The molecular weight excluding hydrogens is 566 g/mol. The zero-order valence-corrected chi connectivity index (χ0v) is 23.1. The monoisotopic (exact) mass is 588 g/mol. The number of ether oxygens (including phenoxy) is 4. The molecule has 4 nitrogen and oxygen atoms in total. The minimum absolute atomic E-state index is 0.0260. The van der Waals surface area contributed by atoms with Crippen molar-refractivity contribution in [1.29, 1.82) is 0 Å². The maximum absolute atomic E-state index is 6.31. The number of alkyl halides is 5. The molecule has 9 heteroatoms. The van der Waals surface area contributed by atoms with Crippen LogP contribution in [0, 0.1) is 0 Å². The molecule has 192 valence electrons. The molecule has 4 aliphatic heterocycles. The maximum atomic E-state index is 6.31. The molecule has 9 atom stereocenters. The molecule has 36 heavy (non-hydrogen) atoms. The summed E-state index contributed by atoms with van der Waals surface area (Å²) in [7, 11) is 0. The number of hydrogen-bond donors (Lipinski definition) is 0. The van der Waals surface area contributed by atoms with Gasteiger partial charge in [0.2, 0.25) is 0 Å². The summed E-state index contributed by atoms with van der Waals surface area (Å²) in [5.74, 6) is 0. The average Bonchev–Trinajstić information content (AvgIpc) is 3.71. The highest BCUT2D eigenvalue weighted by atomic mass is 35.5. The molecule has 10 rings (SSSR count). The van der Waals surface area contributed by atoms with Gasteiger partial charge in [0.1, 0.15) is 56.0 Å². The van der Waals surface area contributed by atoms with Crippen molar-refractivity contribution in [3.05, 3.63) is 59.2 Å².